The number of aliphatic hydroxyl groups is 1. The van der Waals surface area contributed by atoms with Crippen LogP contribution in [-0.4, -0.2) is 155 Å². The molecule has 1 saturated heterocycles. The van der Waals surface area contributed by atoms with E-state index < -0.39 is 49.2 Å². The number of nitrogens with two attached hydrogens (primary N) is 4. The van der Waals surface area contributed by atoms with Crippen molar-refractivity contribution in [3.63, 3.8) is 0 Å². The maximum Gasteiger partial charge on any atom is 0.335 e. The summed E-state index contributed by atoms with van der Waals surface area (Å²) in [5, 5.41) is 33.0. The van der Waals surface area contributed by atoms with Gasteiger partial charge in [0.05, 0.1) is 90.0 Å². The number of rotatable bonds is 27. The van der Waals surface area contributed by atoms with Crippen molar-refractivity contribution in [3.05, 3.63) is 172 Å². The maximum absolute atomic E-state index is 13.3. The van der Waals surface area contributed by atoms with Crippen LogP contribution in [0.4, 0.5) is 22.7 Å². The van der Waals surface area contributed by atoms with Crippen LogP contribution in [0.5, 0.6) is 0 Å². The number of nitrogens with zero attached hydrogens (tertiary/aromatic N) is 11. The molecule has 0 aliphatic carbocycles. The molecule has 0 radical (unpaired) electrons. The highest BCUT2D eigenvalue weighted by Crippen LogP contribution is 2.48. The average molecular weight is 1860 g/mol. The first-order valence-corrected chi connectivity index (χ1v) is 51.4. The number of imidazole rings is 1. The second-order valence-corrected chi connectivity index (χ2v) is 43.1. The Balaban J connectivity index is 0.000000134. The van der Waals surface area contributed by atoms with Gasteiger partial charge in [-0.3, -0.25) is 21.6 Å². The third-order valence-corrected chi connectivity index (χ3v) is 35.0. The number of aromatic carboxylic acids is 1. The second kappa shape index (κ2) is 40.9. The number of aryl methyl sites for hydroxylation is 1. The Labute approximate surface area is 747 Å². The lowest BCUT2D eigenvalue weighted by molar-refractivity contribution is 0.0662. The molecule has 16 aromatic rings. The lowest BCUT2D eigenvalue weighted by atomic mass is 9.99. The van der Waals surface area contributed by atoms with Gasteiger partial charge in [-0.15, -0.1) is 90.7 Å². The number of anilines is 4. The number of likely N-dealkylation sites (N-methyl/N-ethyl adjacent to an activating group) is 1. The zero-order valence-corrected chi connectivity index (χ0v) is 77.2. The second-order valence-electron chi connectivity index (χ2n) is 28.4. The Kier molecular flexibility index (Phi) is 29.7. The maximum atomic E-state index is 13.3. The summed E-state index contributed by atoms with van der Waals surface area (Å²) in [6.07, 6.45) is 16.2. The third kappa shape index (κ3) is 20.0. The highest BCUT2D eigenvalue weighted by molar-refractivity contribution is 7.88. The van der Waals surface area contributed by atoms with E-state index in [1.807, 2.05) is 112 Å². The first kappa shape index (κ1) is 88.8. The molecule has 36 heteroatoms. The van der Waals surface area contributed by atoms with Crippen LogP contribution in [0.3, 0.4) is 0 Å². The normalized spacial score (nSPS) is 13.4. The van der Waals surface area contributed by atoms with Crippen molar-refractivity contribution in [3.8, 4) is 87.4 Å². The van der Waals surface area contributed by atoms with Gasteiger partial charge in [0.15, 0.2) is 0 Å². The summed E-state index contributed by atoms with van der Waals surface area (Å²) in [5.74, 6) is 2.21. The minimum Gasteiger partial charge on any atom is -0.478 e. The van der Waals surface area contributed by atoms with E-state index in [9.17, 15) is 36.6 Å². The molecular weight excluding hydrogens is 1770 g/mol. The van der Waals surface area contributed by atoms with E-state index in [1.165, 1.54) is 90.7 Å². The molecule has 1 fully saturated rings. The van der Waals surface area contributed by atoms with Gasteiger partial charge in [-0.25, -0.2) is 49.7 Å². The number of aliphatic hydroxyl groups excluding tert-OH is 1. The Morgan fingerprint density at radius 1 is 0.451 bits per heavy atom. The summed E-state index contributed by atoms with van der Waals surface area (Å²) in [6.45, 7) is 13.4. The van der Waals surface area contributed by atoms with Crippen LogP contribution in [0.25, 0.3) is 128 Å². The largest absolute Gasteiger partial charge is 0.478 e. The van der Waals surface area contributed by atoms with Gasteiger partial charge >= 0.3 is 5.97 Å². The number of thiazole rings is 4. The van der Waals surface area contributed by atoms with Gasteiger partial charge in [-0.2, -0.15) is 0 Å². The van der Waals surface area contributed by atoms with Crippen LogP contribution in [0.1, 0.15) is 111 Å². The molecule has 11 N–H and O–H groups in total. The Hall–Kier alpha value is -9.51. The summed E-state index contributed by atoms with van der Waals surface area (Å²) in [4.78, 5) is 76.2. The summed E-state index contributed by atoms with van der Waals surface area (Å²) in [5.41, 5.74) is 39.7. The quantitative estimate of drug-likeness (QED) is 0.0251. The smallest absolute Gasteiger partial charge is 0.335 e. The minimum atomic E-state index is -1.20. The molecule has 632 valence electrons. The number of fused-ring (bicyclic) bond motifs is 4. The number of nitrogens with one attached hydrogen (secondary N) is 1. The topological polar surface area (TPSA) is 385 Å². The first-order valence-electron chi connectivity index (χ1n) is 39.3. The van der Waals surface area contributed by atoms with Crippen molar-refractivity contribution in [2.45, 2.75) is 109 Å². The number of hydrogen-bond donors (Lipinski definition) is 7. The number of benzene rings is 3. The molecule has 122 heavy (non-hydrogen) atoms. The predicted molar refractivity (Wildman–Crippen MR) is 510 cm³/mol. The standard InChI is InChI=1S/C26H29N5O2S3.C21H19N3O3S3.C21H21N3O2S3.C18H19N5OS3/c1-3-4-14-36(33)26-22(27)21-19(16-20(29-24(21)35-26)23-28-8-13-34-23)17-6-5-7-18(15-17)25(32)31-11-9-30(2)10-12-31;1-2-3-9-30(27)21-17(22)16-14(12-5-4-6-13(10-12)20(25)26)11-15(24-19(16)29-21)18-23-7-8-28-18;1-2-3-9-29(26)21-18(22)17-15(14-6-4-5-13(10-14)12-25)11-16(24-20(17)28-21)19-23-7-8-27-19;1-3-4-7-27(24)18-15(19)14-11(13-9-21-10(2)22-13)8-12(23-17(14)26-18)16-20-5-6-25-16/h5-8,13,15-16H,3-4,9-12,14,27H2,1-2H3;4-8,10-11H,2-3,9,22H2,1H3,(H,25,26);4-8,10-11,25H,2-3,9,12,22H2,1H3;5-6,8-9H,3-4,7,19H2,1-2H3,(H,21,22). The number of amides is 1. The predicted octanol–water partition coefficient (Wildman–Crippen LogP) is 19.9. The number of nitrogen functional groups attached to an aromatic ring is 4. The van der Waals surface area contributed by atoms with Gasteiger partial charge in [0.25, 0.3) is 5.91 Å². The molecule has 17 rings (SSSR count). The summed E-state index contributed by atoms with van der Waals surface area (Å²) in [7, 11) is -2.56. The molecule has 13 aromatic heterocycles. The molecule has 24 nitrogen and oxygen atoms in total. The van der Waals surface area contributed by atoms with E-state index in [2.05, 4.69) is 69.5 Å². The number of aromatic nitrogens is 10. The minimum absolute atomic E-state index is 0.0349. The van der Waals surface area contributed by atoms with Crippen molar-refractivity contribution >= 4 is 209 Å². The molecule has 4 unspecified atom stereocenters. The van der Waals surface area contributed by atoms with E-state index in [0.717, 1.165) is 201 Å². The van der Waals surface area contributed by atoms with Gasteiger partial charge < -0.3 is 47.9 Å². The number of unbranched alkanes of at least 4 members (excludes halogenated alkanes) is 4. The molecule has 1 amide bonds. The molecule has 0 spiro atoms. The fraction of sp³-hybridized carbons (Fsp3) is 0.267. The zero-order valence-electron chi connectivity index (χ0n) is 67.4. The lowest BCUT2D eigenvalue weighted by Gasteiger charge is -2.32. The Morgan fingerprint density at radius 2 is 0.787 bits per heavy atom. The fourth-order valence-electron chi connectivity index (χ4n) is 13.5. The van der Waals surface area contributed by atoms with Crippen LogP contribution >= 0.6 is 90.7 Å². The number of pyridine rings is 4. The molecule has 0 saturated carbocycles. The van der Waals surface area contributed by atoms with Gasteiger partial charge in [0, 0.05) is 128 Å². The van der Waals surface area contributed by atoms with E-state index in [0.29, 0.717) is 84.1 Å². The van der Waals surface area contributed by atoms with Crippen molar-refractivity contribution < 1.29 is 36.6 Å². The number of piperazine rings is 1. The number of carboxylic acid groups (broad SMARTS) is 1. The number of carboxylic acids is 1. The Bertz CT molecular complexity index is 6490. The summed E-state index contributed by atoms with van der Waals surface area (Å²) < 4.78 is 54.1. The van der Waals surface area contributed by atoms with Gasteiger partial charge in [-0.05, 0) is 133 Å². The SMILES string of the molecule is CCCCS(=O)c1sc2nc(-c3nccs3)cc(-c3cccc(C(=O)N4CCN(C)CC4)c3)c2c1N.CCCCS(=O)c1sc2nc(-c3nccs3)cc(-c3cccc(C(=O)O)c3)c2c1N.CCCCS(=O)c1sc2nc(-c3nccs3)cc(-c3cccc(CO)c3)c2c1N.CCCCS(=O)c1sc2nc(-c3nccs3)cc(-c3cnc(C)[nH]3)c2c1N. The van der Waals surface area contributed by atoms with Crippen LogP contribution in [0, 0.1) is 6.92 Å². The number of H-pyrrole nitrogens is 1. The number of carbonyl (C=O) groups is 2. The van der Waals surface area contributed by atoms with E-state index in [-0.39, 0.29) is 18.1 Å². The van der Waals surface area contributed by atoms with Gasteiger partial charge in [0.1, 0.15) is 84.8 Å². The van der Waals surface area contributed by atoms with Crippen molar-refractivity contribution in [2.24, 2.45) is 0 Å². The van der Waals surface area contributed by atoms with Gasteiger partial charge in [0.2, 0.25) is 0 Å². The van der Waals surface area contributed by atoms with E-state index >= 15 is 0 Å². The molecule has 14 heterocycles. The third-order valence-electron chi connectivity index (χ3n) is 19.9. The van der Waals surface area contributed by atoms with Gasteiger partial charge in [-0.1, -0.05) is 95.8 Å². The molecule has 1 aliphatic rings. The number of thiophene rings is 4. The number of aromatic amines is 1. The monoisotopic (exact) mass is 1860 g/mol. The lowest BCUT2D eigenvalue weighted by Crippen LogP contribution is -2.47. The van der Waals surface area contributed by atoms with Crippen LogP contribution in [-0.2, 0) is 49.8 Å². The van der Waals surface area contributed by atoms with Crippen molar-refractivity contribution in [2.75, 3.05) is 79.2 Å². The Morgan fingerprint density at radius 3 is 1.11 bits per heavy atom. The average Bonchev–Trinajstić information content (AvgIpc) is 1.61. The molecule has 3 aromatic carbocycles. The summed E-state index contributed by atoms with van der Waals surface area (Å²) in [6, 6.07) is 30.0. The van der Waals surface area contributed by atoms with E-state index in [1.54, 1.807) is 49.2 Å². The molecule has 4 atom stereocenters. The van der Waals surface area contributed by atoms with Crippen LogP contribution in [0.2, 0.25) is 0 Å². The first-order chi connectivity index (χ1) is 59.1. The fourth-order valence-corrected chi connectivity index (χ4v) is 27.1. The molecule has 1 aliphatic heterocycles. The molecular formula is C86H88N16O8S12. The molecule has 0 bridgehead atoms. The number of hydrogen-bond acceptors (Lipinski definition) is 29. The highest BCUT2D eigenvalue weighted by Gasteiger charge is 2.29. The zero-order chi connectivity index (χ0) is 85.8. The van der Waals surface area contributed by atoms with Crippen molar-refractivity contribution in [1.82, 2.24) is 59.6 Å². The van der Waals surface area contributed by atoms with E-state index in [4.69, 9.17) is 42.9 Å². The summed E-state index contributed by atoms with van der Waals surface area (Å²) >= 11 is 11.6. The van der Waals surface area contributed by atoms with Crippen LogP contribution in [0.15, 0.2) is 166 Å². The van der Waals surface area contributed by atoms with Crippen molar-refractivity contribution in [1.29, 1.82) is 0 Å². The number of carbonyl (C=O) groups excluding carboxylic acids is 1. The highest BCUT2D eigenvalue weighted by atomic mass is 32.2. The van der Waals surface area contributed by atoms with Crippen LogP contribution < -0.4 is 22.9 Å².